The van der Waals surface area contributed by atoms with Crippen LogP contribution in [0.2, 0.25) is 0 Å². The molecule has 3 fully saturated rings. The number of esters is 1. The number of hydrogen-bond donors (Lipinski definition) is 1. The summed E-state index contributed by atoms with van der Waals surface area (Å²) < 4.78 is 10.9. The number of amides is 1. The van der Waals surface area contributed by atoms with Crippen LogP contribution in [0.15, 0.2) is 24.3 Å². The summed E-state index contributed by atoms with van der Waals surface area (Å²) in [5, 5.41) is 2.95. The van der Waals surface area contributed by atoms with Crippen LogP contribution in [0.3, 0.4) is 0 Å². The molecule has 2 saturated carbocycles. The van der Waals surface area contributed by atoms with Crippen LogP contribution in [-0.2, 0) is 14.3 Å². The average Bonchev–Trinajstić information content (AvgIpc) is 3.06. The molecule has 0 radical (unpaired) electrons. The van der Waals surface area contributed by atoms with Gasteiger partial charge in [0.15, 0.2) is 5.60 Å². The average molecular weight is 329 g/mol. The van der Waals surface area contributed by atoms with Crippen LogP contribution >= 0.6 is 0 Å². The minimum Gasteiger partial charge on any atom is -0.465 e. The van der Waals surface area contributed by atoms with Gasteiger partial charge >= 0.3 is 5.97 Å². The number of anilines is 1. The summed E-state index contributed by atoms with van der Waals surface area (Å²) in [5.74, 6) is -0.0511. The molecule has 5 heteroatoms. The zero-order valence-electron chi connectivity index (χ0n) is 14.3. The smallest absolute Gasteiger partial charge is 0.339 e. The predicted molar refractivity (Wildman–Crippen MR) is 88.6 cm³/mol. The van der Waals surface area contributed by atoms with E-state index in [0.29, 0.717) is 23.8 Å². The molecule has 1 aromatic carbocycles. The zero-order chi connectivity index (χ0) is 17.2. The van der Waals surface area contributed by atoms with E-state index < -0.39 is 11.6 Å². The van der Waals surface area contributed by atoms with E-state index in [0.717, 1.165) is 12.8 Å². The molecular formula is C19H23NO4. The summed E-state index contributed by atoms with van der Waals surface area (Å²) in [6.45, 7) is 5.09. The molecule has 1 heterocycles. The molecule has 1 aliphatic heterocycles. The molecule has 24 heavy (non-hydrogen) atoms. The van der Waals surface area contributed by atoms with Crippen LogP contribution in [0.5, 0.6) is 0 Å². The van der Waals surface area contributed by atoms with Gasteiger partial charge in [-0.3, -0.25) is 4.79 Å². The van der Waals surface area contributed by atoms with Gasteiger partial charge in [0.25, 0.3) is 5.91 Å². The third-order valence-corrected chi connectivity index (χ3v) is 7.15. The lowest BCUT2D eigenvalue weighted by Gasteiger charge is -2.40. The molecule has 0 spiro atoms. The maximum atomic E-state index is 13.2. The topological polar surface area (TPSA) is 64.6 Å². The normalized spacial score (nSPS) is 39.0. The van der Waals surface area contributed by atoms with E-state index in [1.54, 1.807) is 24.3 Å². The fourth-order valence-electron chi connectivity index (χ4n) is 5.36. The van der Waals surface area contributed by atoms with Crippen molar-refractivity contribution in [3.05, 3.63) is 29.8 Å². The molecule has 0 aromatic heterocycles. The molecule has 1 saturated heterocycles. The van der Waals surface area contributed by atoms with Gasteiger partial charge in [-0.05, 0) is 37.3 Å². The number of carbonyl (C=O) groups excluding carboxylic acids is 2. The van der Waals surface area contributed by atoms with Crippen molar-refractivity contribution in [1.29, 1.82) is 0 Å². The van der Waals surface area contributed by atoms with Gasteiger partial charge in [0, 0.05) is 10.8 Å². The van der Waals surface area contributed by atoms with Gasteiger partial charge < -0.3 is 14.8 Å². The van der Waals surface area contributed by atoms with Crippen LogP contribution in [0.25, 0.3) is 0 Å². The first kappa shape index (κ1) is 15.6. The van der Waals surface area contributed by atoms with Crippen LogP contribution in [0.4, 0.5) is 5.69 Å². The van der Waals surface area contributed by atoms with Gasteiger partial charge in [-0.2, -0.15) is 0 Å². The first-order valence-corrected chi connectivity index (χ1v) is 8.51. The lowest BCUT2D eigenvalue weighted by molar-refractivity contribution is -0.149. The van der Waals surface area contributed by atoms with E-state index in [9.17, 15) is 9.59 Å². The maximum Gasteiger partial charge on any atom is 0.339 e. The summed E-state index contributed by atoms with van der Waals surface area (Å²) in [5.41, 5.74) is -0.0131. The summed E-state index contributed by atoms with van der Waals surface area (Å²) in [4.78, 5) is 25.1. The largest absolute Gasteiger partial charge is 0.465 e. The van der Waals surface area contributed by atoms with Gasteiger partial charge in [0.1, 0.15) is 0 Å². The number of hydrogen-bond acceptors (Lipinski definition) is 4. The Kier molecular flexibility index (Phi) is 3.14. The highest BCUT2D eigenvalue weighted by Gasteiger charge is 2.78. The molecule has 1 aromatic rings. The van der Waals surface area contributed by atoms with Gasteiger partial charge in [0.05, 0.1) is 25.0 Å². The minimum atomic E-state index is -0.784. The first-order chi connectivity index (χ1) is 11.4. The number of rotatable bonds is 3. The van der Waals surface area contributed by atoms with Crippen molar-refractivity contribution < 1.29 is 19.1 Å². The van der Waals surface area contributed by atoms with Crippen molar-refractivity contribution in [2.45, 2.75) is 38.7 Å². The van der Waals surface area contributed by atoms with Crippen molar-refractivity contribution >= 4 is 17.6 Å². The predicted octanol–water partition coefficient (Wildman–Crippen LogP) is 3.01. The van der Waals surface area contributed by atoms with Gasteiger partial charge in [-0.15, -0.1) is 0 Å². The Hall–Kier alpha value is -1.88. The van der Waals surface area contributed by atoms with Crippen molar-refractivity contribution in [3.8, 4) is 0 Å². The molecule has 1 N–H and O–H groups in total. The maximum absolute atomic E-state index is 13.2. The lowest BCUT2D eigenvalue weighted by Crippen LogP contribution is -2.52. The molecule has 2 aliphatic carbocycles. The Morgan fingerprint density at radius 2 is 2.04 bits per heavy atom. The number of carbonyl (C=O) groups is 2. The number of benzene rings is 1. The van der Waals surface area contributed by atoms with Crippen LogP contribution in [0, 0.1) is 16.7 Å². The highest BCUT2D eigenvalue weighted by molar-refractivity contribution is 6.04. The first-order valence-electron chi connectivity index (χ1n) is 8.51. The fourth-order valence-corrected chi connectivity index (χ4v) is 5.36. The van der Waals surface area contributed by atoms with Crippen molar-refractivity contribution in [1.82, 2.24) is 0 Å². The van der Waals surface area contributed by atoms with Crippen LogP contribution in [-0.4, -0.2) is 31.2 Å². The monoisotopic (exact) mass is 329 g/mol. The summed E-state index contributed by atoms with van der Waals surface area (Å²) in [6.07, 6.45) is 2.95. The lowest BCUT2D eigenvalue weighted by atomic mass is 9.66. The third-order valence-electron chi connectivity index (χ3n) is 7.15. The molecule has 3 aliphatic rings. The number of para-hydroxylation sites is 1. The number of nitrogens with one attached hydrogen (secondary N) is 1. The Morgan fingerprint density at radius 3 is 2.71 bits per heavy atom. The highest BCUT2D eigenvalue weighted by atomic mass is 16.5. The van der Waals surface area contributed by atoms with Crippen LogP contribution in [0.1, 0.15) is 43.5 Å². The van der Waals surface area contributed by atoms with E-state index in [4.69, 9.17) is 9.47 Å². The summed E-state index contributed by atoms with van der Waals surface area (Å²) >= 11 is 0. The van der Waals surface area contributed by atoms with E-state index >= 15 is 0 Å². The molecular weight excluding hydrogens is 306 g/mol. The Bertz CT molecular complexity index is 732. The zero-order valence-corrected chi connectivity index (χ0v) is 14.3. The molecule has 4 unspecified atom stereocenters. The van der Waals surface area contributed by atoms with Gasteiger partial charge in [-0.1, -0.05) is 26.0 Å². The standard InChI is InChI=1S/C19H23NO4/c1-17-11-24-19(10-12(17)8-9-18(17,19)2)16(22)20-14-7-5-4-6-13(14)15(21)23-3/h4-7,12H,8-11H2,1-3H3,(H,20,22). The van der Waals surface area contributed by atoms with E-state index in [1.807, 2.05) is 0 Å². The van der Waals surface area contributed by atoms with E-state index in [1.165, 1.54) is 13.5 Å². The van der Waals surface area contributed by atoms with E-state index in [2.05, 4.69) is 19.2 Å². The fraction of sp³-hybridized carbons (Fsp3) is 0.579. The SMILES string of the molecule is COC(=O)c1ccccc1NC(=O)C12CC3CCC1(C)C3(C)CO2. The van der Waals surface area contributed by atoms with Crippen molar-refractivity contribution in [2.75, 3.05) is 19.0 Å². The van der Waals surface area contributed by atoms with Crippen molar-refractivity contribution in [2.24, 2.45) is 16.7 Å². The van der Waals surface area contributed by atoms with Crippen LogP contribution < -0.4 is 5.32 Å². The molecule has 4 bridgehead atoms. The quantitative estimate of drug-likeness (QED) is 0.866. The number of methoxy groups -OCH3 is 1. The minimum absolute atomic E-state index is 0.0756. The van der Waals surface area contributed by atoms with E-state index in [-0.39, 0.29) is 16.7 Å². The number of ether oxygens (including phenoxy) is 2. The second-order valence-corrected chi connectivity index (χ2v) is 7.80. The molecule has 1 amide bonds. The van der Waals surface area contributed by atoms with Gasteiger partial charge in [-0.25, -0.2) is 4.79 Å². The molecule has 128 valence electrons. The summed E-state index contributed by atoms with van der Waals surface area (Å²) in [7, 11) is 1.34. The third kappa shape index (κ3) is 1.63. The van der Waals surface area contributed by atoms with Gasteiger partial charge in [0.2, 0.25) is 0 Å². The van der Waals surface area contributed by atoms with Crippen molar-refractivity contribution in [3.63, 3.8) is 0 Å². The molecule has 4 atom stereocenters. The second kappa shape index (κ2) is 4.82. The second-order valence-electron chi connectivity index (χ2n) is 7.80. The molecule has 4 rings (SSSR count). The Morgan fingerprint density at radius 1 is 1.29 bits per heavy atom. The summed E-state index contributed by atoms with van der Waals surface area (Å²) in [6, 6.07) is 6.93. The Labute approximate surface area is 141 Å². The molecule has 5 nitrogen and oxygen atoms in total. The highest BCUT2D eigenvalue weighted by Crippen LogP contribution is 2.75. The Balaban J connectivity index is 1.67.